The summed E-state index contributed by atoms with van der Waals surface area (Å²) in [6.07, 6.45) is 1.07. The van der Waals surface area contributed by atoms with Crippen molar-refractivity contribution in [3.05, 3.63) is 29.3 Å². The van der Waals surface area contributed by atoms with Crippen molar-refractivity contribution in [1.82, 2.24) is 10.3 Å². The molecule has 3 heteroatoms. The van der Waals surface area contributed by atoms with Crippen LogP contribution in [0.4, 0.5) is 0 Å². The smallest absolute Gasteiger partial charge is 0.111 e. The van der Waals surface area contributed by atoms with Crippen LogP contribution in [0.5, 0.6) is 0 Å². The number of rotatable bonds is 3. The molecule has 1 unspecified atom stereocenters. The van der Waals surface area contributed by atoms with Crippen molar-refractivity contribution in [2.24, 2.45) is 0 Å². The minimum Gasteiger partial charge on any atom is -0.303 e. The molecule has 1 aromatic heterocycles. The summed E-state index contributed by atoms with van der Waals surface area (Å²) in [5, 5.41) is 4.83. The van der Waals surface area contributed by atoms with Crippen LogP contribution in [0.25, 0.3) is 10.2 Å². The Morgan fingerprint density at radius 2 is 2.00 bits per heavy atom. The minimum absolute atomic E-state index is 0.124. The van der Waals surface area contributed by atoms with Crippen molar-refractivity contribution in [3.63, 3.8) is 0 Å². The number of nitrogens with zero attached hydrogens (tertiary/aromatic N) is 1. The van der Waals surface area contributed by atoms with Crippen molar-refractivity contribution in [3.8, 4) is 0 Å². The highest BCUT2D eigenvalue weighted by Crippen LogP contribution is 2.28. The molecule has 0 aliphatic heterocycles. The van der Waals surface area contributed by atoms with Gasteiger partial charge in [-0.2, -0.15) is 0 Å². The molecule has 0 amide bonds. The van der Waals surface area contributed by atoms with E-state index in [1.807, 2.05) is 6.07 Å². The SMILES string of the molecule is CCC(NC(C)(C)C)c1nc2ccccc2s1. The van der Waals surface area contributed by atoms with Crippen LogP contribution in [-0.2, 0) is 0 Å². The summed E-state index contributed by atoms with van der Waals surface area (Å²) >= 11 is 1.80. The molecule has 0 saturated carbocycles. The van der Waals surface area contributed by atoms with Gasteiger partial charge in [-0.3, -0.25) is 0 Å². The Morgan fingerprint density at radius 3 is 2.59 bits per heavy atom. The van der Waals surface area contributed by atoms with Gasteiger partial charge in [-0.05, 0) is 39.3 Å². The van der Waals surface area contributed by atoms with E-state index in [2.05, 4.69) is 51.2 Å². The molecule has 0 saturated heterocycles. The lowest BCUT2D eigenvalue weighted by molar-refractivity contribution is 0.356. The Morgan fingerprint density at radius 1 is 1.29 bits per heavy atom. The quantitative estimate of drug-likeness (QED) is 0.883. The summed E-state index contributed by atoms with van der Waals surface area (Å²) in [6.45, 7) is 8.80. The third-order valence-corrected chi connectivity index (χ3v) is 3.77. The summed E-state index contributed by atoms with van der Waals surface area (Å²) in [4.78, 5) is 4.72. The summed E-state index contributed by atoms with van der Waals surface area (Å²) in [5.41, 5.74) is 1.24. The van der Waals surface area contributed by atoms with Gasteiger partial charge in [-0.25, -0.2) is 4.98 Å². The molecule has 1 atom stereocenters. The largest absolute Gasteiger partial charge is 0.303 e. The van der Waals surface area contributed by atoms with E-state index in [4.69, 9.17) is 4.98 Å². The number of hydrogen-bond donors (Lipinski definition) is 1. The third kappa shape index (κ3) is 3.05. The summed E-state index contributed by atoms with van der Waals surface area (Å²) in [7, 11) is 0. The normalized spacial score (nSPS) is 14.1. The van der Waals surface area contributed by atoms with Crippen LogP contribution in [-0.4, -0.2) is 10.5 Å². The lowest BCUT2D eigenvalue weighted by Crippen LogP contribution is -2.38. The fourth-order valence-corrected chi connectivity index (χ4v) is 3.00. The molecule has 1 N–H and O–H groups in total. The number of fused-ring (bicyclic) bond motifs is 1. The molecule has 2 aromatic rings. The molecular formula is C14H20N2S. The zero-order valence-corrected chi connectivity index (χ0v) is 11.8. The van der Waals surface area contributed by atoms with E-state index in [0.29, 0.717) is 6.04 Å². The van der Waals surface area contributed by atoms with Crippen molar-refractivity contribution in [1.29, 1.82) is 0 Å². The second-order valence-corrected chi connectivity index (χ2v) is 6.44. The Hall–Kier alpha value is -0.930. The van der Waals surface area contributed by atoms with E-state index in [1.165, 1.54) is 9.71 Å². The first kappa shape index (κ1) is 12.5. The molecule has 0 aliphatic carbocycles. The lowest BCUT2D eigenvalue weighted by Gasteiger charge is -2.26. The van der Waals surface area contributed by atoms with Gasteiger partial charge in [0.15, 0.2) is 0 Å². The van der Waals surface area contributed by atoms with Crippen molar-refractivity contribution < 1.29 is 0 Å². The van der Waals surface area contributed by atoms with Crippen LogP contribution in [0.15, 0.2) is 24.3 Å². The molecule has 0 fully saturated rings. The lowest BCUT2D eigenvalue weighted by atomic mass is 10.1. The van der Waals surface area contributed by atoms with Gasteiger partial charge < -0.3 is 5.32 Å². The van der Waals surface area contributed by atoms with Crippen molar-refractivity contribution in [2.75, 3.05) is 0 Å². The molecular weight excluding hydrogens is 228 g/mol. The first-order valence-corrected chi connectivity index (χ1v) is 6.94. The molecule has 0 spiro atoms. The highest BCUT2D eigenvalue weighted by Gasteiger charge is 2.20. The number of aromatic nitrogens is 1. The maximum Gasteiger partial charge on any atom is 0.111 e. The molecule has 2 rings (SSSR count). The number of benzene rings is 1. The van der Waals surface area contributed by atoms with Gasteiger partial charge in [0, 0.05) is 5.54 Å². The van der Waals surface area contributed by atoms with Gasteiger partial charge in [0.05, 0.1) is 16.3 Å². The molecule has 1 aromatic carbocycles. The van der Waals surface area contributed by atoms with E-state index in [-0.39, 0.29) is 5.54 Å². The van der Waals surface area contributed by atoms with Gasteiger partial charge in [-0.1, -0.05) is 19.1 Å². The molecule has 92 valence electrons. The number of para-hydroxylation sites is 1. The van der Waals surface area contributed by atoms with E-state index in [1.54, 1.807) is 11.3 Å². The highest BCUT2D eigenvalue weighted by molar-refractivity contribution is 7.18. The Kier molecular flexibility index (Phi) is 3.50. The van der Waals surface area contributed by atoms with E-state index in [9.17, 15) is 0 Å². The third-order valence-electron chi connectivity index (χ3n) is 2.62. The van der Waals surface area contributed by atoms with Gasteiger partial charge in [0.2, 0.25) is 0 Å². The monoisotopic (exact) mass is 248 g/mol. The topological polar surface area (TPSA) is 24.9 Å². The summed E-state index contributed by atoms with van der Waals surface area (Å²) in [6, 6.07) is 8.69. The Bertz CT molecular complexity index is 463. The maximum absolute atomic E-state index is 4.72. The van der Waals surface area contributed by atoms with E-state index < -0.39 is 0 Å². The average molecular weight is 248 g/mol. The Labute approximate surface area is 107 Å². The van der Waals surface area contributed by atoms with Crippen LogP contribution in [0, 0.1) is 0 Å². The van der Waals surface area contributed by atoms with Crippen molar-refractivity contribution in [2.45, 2.75) is 45.7 Å². The molecule has 0 radical (unpaired) electrons. The van der Waals surface area contributed by atoms with Crippen LogP contribution < -0.4 is 5.32 Å². The standard InChI is InChI=1S/C14H20N2S/c1-5-10(16-14(2,3)4)13-15-11-8-6-7-9-12(11)17-13/h6-10,16H,5H2,1-4H3. The zero-order chi connectivity index (χ0) is 12.5. The van der Waals surface area contributed by atoms with E-state index >= 15 is 0 Å². The molecule has 2 nitrogen and oxygen atoms in total. The highest BCUT2D eigenvalue weighted by atomic mass is 32.1. The molecule has 1 heterocycles. The number of nitrogens with one attached hydrogen (secondary N) is 1. The summed E-state index contributed by atoms with van der Waals surface area (Å²) in [5.74, 6) is 0. The van der Waals surface area contributed by atoms with Gasteiger partial charge in [0.1, 0.15) is 5.01 Å². The summed E-state index contributed by atoms with van der Waals surface area (Å²) < 4.78 is 1.27. The van der Waals surface area contributed by atoms with Crippen LogP contribution >= 0.6 is 11.3 Å². The van der Waals surface area contributed by atoms with Crippen LogP contribution in [0.2, 0.25) is 0 Å². The maximum atomic E-state index is 4.72. The van der Waals surface area contributed by atoms with Gasteiger partial charge in [-0.15, -0.1) is 11.3 Å². The number of hydrogen-bond acceptors (Lipinski definition) is 3. The minimum atomic E-state index is 0.124. The van der Waals surface area contributed by atoms with Crippen LogP contribution in [0.1, 0.15) is 45.2 Å². The second kappa shape index (κ2) is 4.75. The average Bonchev–Trinajstić information content (AvgIpc) is 2.67. The fourth-order valence-electron chi connectivity index (χ4n) is 1.90. The van der Waals surface area contributed by atoms with Crippen molar-refractivity contribution >= 4 is 21.6 Å². The number of thiazole rings is 1. The molecule has 0 bridgehead atoms. The van der Waals surface area contributed by atoms with E-state index in [0.717, 1.165) is 11.9 Å². The molecule has 17 heavy (non-hydrogen) atoms. The molecule has 0 aliphatic rings. The predicted molar refractivity (Wildman–Crippen MR) is 75.5 cm³/mol. The van der Waals surface area contributed by atoms with Gasteiger partial charge >= 0.3 is 0 Å². The Balaban J connectivity index is 2.30. The predicted octanol–water partition coefficient (Wildman–Crippen LogP) is 4.14. The fraction of sp³-hybridized carbons (Fsp3) is 0.500. The van der Waals surface area contributed by atoms with Crippen LogP contribution in [0.3, 0.4) is 0 Å². The second-order valence-electron chi connectivity index (χ2n) is 5.37. The zero-order valence-electron chi connectivity index (χ0n) is 10.9. The van der Waals surface area contributed by atoms with Gasteiger partial charge in [0.25, 0.3) is 0 Å². The first-order chi connectivity index (χ1) is 7.99. The first-order valence-electron chi connectivity index (χ1n) is 6.13.